The minimum atomic E-state index is -3.44. The lowest BCUT2D eigenvalue weighted by molar-refractivity contribution is -0.149. The van der Waals surface area contributed by atoms with Crippen LogP contribution in [-0.4, -0.2) is 51.6 Å². The minimum Gasteiger partial charge on any atom is -0.462 e. The third-order valence-corrected chi connectivity index (χ3v) is 7.94. The number of benzene rings is 1. The van der Waals surface area contributed by atoms with Gasteiger partial charge in [0, 0.05) is 17.3 Å². The number of aliphatic hydroxyl groups excluding tert-OH is 1. The van der Waals surface area contributed by atoms with E-state index < -0.39 is 54.3 Å². The van der Waals surface area contributed by atoms with Gasteiger partial charge >= 0.3 is 18.3 Å². The Morgan fingerprint density at radius 2 is 2.00 bits per heavy atom. The van der Waals surface area contributed by atoms with Gasteiger partial charge in [-0.3, -0.25) is 19.1 Å². The van der Waals surface area contributed by atoms with Crippen LogP contribution in [0.1, 0.15) is 27.0 Å². The standard InChI is InChI=1S/C23H27ClN3O8PS/c1-5-17-20(29)18(34-21(17)27-11-10-19(28)25-23(27)31)12-32-36(37,26-14(4)22(30)33-13(2)3)35-16-8-6-15(24)7-9-16/h1,6-11,13-14,17-18,20-21,29H,12H2,2-4H3,(H,26,37)(H,25,28,31). The summed E-state index contributed by atoms with van der Waals surface area (Å²) in [4.78, 5) is 38.2. The molecule has 6 unspecified atom stereocenters. The van der Waals surface area contributed by atoms with E-state index in [1.54, 1.807) is 45.0 Å². The Morgan fingerprint density at radius 1 is 1.32 bits per heavy atom. The van der Waals surface area contributed by atoms with E-state index in [9.17, 15) is 19.5 Å². The number of carbonyl (C=O) groups excluding carboxylic acids is 1. The highest BCUT2D eigenvalue weighted by atomic mass is 35.5. The van der Waals surface area contributed by atoms with E-state index in [-0.39, 0.29) is 12.7 Å². The number of rotatable bonds is 10. The molecule has 0 aliphatic carbocycles. The molecule has 0 saturated carbocycles. The van der Waals surface area contributed by atoms with E-state index in [0.717, 1.165) is 10.6 Å². The van der Waals surface area contributed by atoms with Crippen LogP contribution < -0.4 is 20.9 Å². The quantitative estimate of drug-likeness (QED) is 0.220. The minimum absolute atomic E-state index is 0.294. The van der Waals surface area contributed by atoms with E-state index in [0.29, 0.717) is 10.8 Å². The van der Waals surface area contributed by atoms with Gasteiger partial charge < -0.3 is 23.6 Å². The smallest absolute Gasteiger partial charge is 0.330 e. The van der Waals surface area contributed by atoms with E-state index in [1.807, 2.05) is 0 Å². The number of hydrogen-bond acceptors (Lipinski definition) is 9. The van der Waals surface area contributed by atoms with Gasteiger partial charge in [-0.15, -0.1) is 6.42 Å². The number of aromatic amines is 1. The molecule has 0 radical (unpaired) electrons. The van der Waals surface area contributed by atoms with Gasteiger partial charge in [0.2, 0.25) is 0 Å². The average Bonchev–Trinajstić information content (AvgIpc) is 3.13. The molecule has 3 rings (SSSR count). The van der Waals surface area contributed by atoms with E-state index in [2.05, 4.69) is 16.0 Å². The zero-order valence-electron chi connectivity index (χ0n) is 20.2. The summed E-state index contributed by atoms with van der Waals surface area (Å²) in [5.74, 6) is 1.26. The highest BCUT2D eigenvalue weighted by Crippen LogP contribution is 2.47. The molecule has 1 aliphatic heterocycles. The Bertz CT molecular complexity index is 1310. The van der Waals surface area contributed by atoms with Crippen LogP contribution in [0.5, 0.6) is 5.75 Å². The van der Waals surface area contributed by atoms with Gasteiger partial charge in [-0.05, 0) is 56.8 Å². The molecular weight excluding hydrogens is 545 g/mol. The fraction of sp³-hybridized carbons (Fsp3) is 0.435. The second-order valence-electron chi connectivity index (χ2n) is 8.44. The lowest BCUT2D eigenvalue weighted by Crippen LogP contribution is -2.37. The highest BCUT2D eigenvalue weighted by molar-refractivity contribution is 8.09. The summed E-state index contributed by atoms with van der Waals surface area (Å²) < 4.78 is 24.0. The molecular formula is C23H27ClN3O8PS. The maximum absolute atomic E-state index is 12.4. The number of carbonyl (C=O) groups is 1. The fourth-order valence-electron chi connectivity index (χ4n) is 3.45. The first-order valence-electron chi connectivity index (χ1n) is 11.2. The predicted molar refractivity (Wildman–Crippen MR) is 140 cm³/mol. The van der Waals surface area contributed by atoms with Crippen molar-refractivity contribution >= 4 is 36.0 Å². The Balaban J connectivity index is 1.80. The van der Waals surface area contributed by atoms with Crippen LogP contribution in [0.2, 0.25) is 5.02 Å². The molecule has 14 heteroatoms. The average molecular weight is 572 g/mol. The third-order valence-electron chi connectivity index (χ3n) is 5.19. The molecule has 2 heterocycles. The van der Waals surface area contributed by atoms with Gasteiger partial charge in [0.1, 0.15) is 24.0 Å². The van der Waals surface area contributed by atoms with Crippen molar-refractivity contribution in [2.75, 3.05) is 6.61 Å². The van der Waals surface area contributed by atoms with Crippen LogP contribution in [0.25, 0.3) is 0 Å². The molecule has 1 saturated heterocycles. The van der Waals surface area contributed by atoms with Crippen molar-refractivity contribution in [1.29, 1.82) is 0 Å². The Morgan fingerprint density at radius 3 is 2.59 bits per heavy atom. The van der Waals surface area contributed by atoms with E-state index in [1.165, 1.54) is 6.20 Å². The van der Waals surface area contributed by atoms with E-state index in [4.69, 9.17) is 48.4 Å². The van der Waals surface area contributed by atoms with Crippen LogP contribution in [-0.2, 0) is 30.6 Å². The number of ether oxygens (including phenoxy) is 2. The molecule has 1 aromatic carbocycles. The number of terminal acetylenes is 1. The second kappa shape index (κ2) is 12.4. The Kier molecular flexibility index (Phi) is 9.72. The van der Waals surface area contributed by atoms with Crippen LogP contribution in [0.3, 0.4) is 0 Å². The molecule has 0 amide bonds. The zero-order chi connectivity index (χ0) is 27.3. The molecule has 1 fully saturated rings. The number of aromatic nitrogens is 2. The van der Waals surface area contributed by atoms with Crippen LogP contribution in [0.4, 0.5) is 0 Å². The van der Waals surface area contributed by atoms with Gasteiger partial charge in [-0.2, -0.15) is 0 Å². The van der Waals surface area contributed by atoms with Crippen LogP contribution in [0.15, 0.2) is 46.1 Å². The molecule has 1 aromatic heterocycles. The summed E-state index contributed by atoms with van der Waals surface area (Å²) >= 11 is 11.6. The predicted octanol–water partition coefficient (Wildman–Crippen LogP) is 1.95. The largest absolute Gasteiger partial charge is 0.462 e. The van der Waals surface area contributed by atoms with Gasteiger partial charge in [0.05, 0.1) is 18.6 Å². The fourth-order valence-corrected chi connectivity index (χ4v) is 5.99. The summed E-state index contributed by atoms with van der Waals surface area (Å²) in [7, 11) is 0. The van der Waals surface area contributed by atoms with Gasteiger partial charge in [0.25, 0.3) is 5.56 Å². The maximum Gasteiger partial charge on any atom is 0.330 e. The van der Waals surface area contributed by atoms with Crippen molar-refractivity contribution in [2.45, 2.75) is 51.4 Å². The topological polar surface area (TPSA) is 141 Å². The van der Waals surface area contributed by atoms with E-state index >= 15 is 0 Å². The van der Waals surface area contributed by atoms with Crippen molar-refractivity contribution in [2.24, 2.45) is 5.92 Å². The molecule has 3 N–H and O–H groups in total. The number of nitrogens with zero attached hydrogens (tertiary/aromatic N) is 1. The maximum atomic E-state index is 12.4. The summed E-state index contributed by atoms with van der Waals surface area (Å²) in [5, 5.41) is 14.2. The normalized spacial score (nSPS) is 23.7. The molecule has 6 atom stereocenters. The SMILES string of the molecule is C#CC1C(O)C(COP(=S)(NC(C)C(=O)OC(C)C)Oc2ccc(Cl)cc2)OC1n1ccc(=O)[nH]c1=O. The molecule has 37 heavy (non-hydrogen) atoms. The number of esters is 1. The molecule has 11 nitrogen and oxygen atoms in total. The van der Waals surface area contributed by atoms with Crippen molar-refractivity contribution < 1.29 is 28.4 Å². The molecule has 0 bridgehead atoms. The molecule has 1 aliphatic rings. The van der Waals surface area contributed by atoms with Gasteiger partial charge in [0.15, 0.2) is 6.23 Å². The highest BCUT2D eigenvalue weighted by Gasteiger charge is 2.45. The van der Waals surface area contributed by atoms with Gasteiger partial charge in [-0.1, -0.05) is 17.5 Å². The Labute approximate surface area is 223 Å². The van der Waals surface area contributed by atoms with Crippen molar-refractivity contribution in [3.05, 3.63) is 62.4 Å². The van der Waals surface area contributed by atoms with Crippen molar-refractivity contribution in [3.8, 4) is 18.1 Å². The van der Waals surface area contributed by atoms with Crippen LogP contribution >= 0.6 is 18.2 Å². The number of aliphatic hydroxyl groups is 1. The number of H-pyrrole nitrogens is 1. The summed E-state index contributed by atoms with van der Waals surface area (Å²) in [6.07, 6.45) is 3.16. The number of halogens is 1. The Hall–Kier alpha value is -2.49. The number of hydrogen-bond donors (Lipinski definition) is 3. The summed E-state index contributed by atoms with van der Waals surface area (Å²) in [6, 6.07) is 6.61. The molecule has 200 valence electrons. The second-order valence-corrected chi connectivity index (χ2v) is 12.0. The molecule has 2 aromatic rings. The third kappa shape index (κ3) is 7.52. The molecule has 0 spiro atoms. The summed E-state index contributed by atoms with van der Waals surface area (Å²) in [5.41, 5.74) is -1.34. The van der Waals surface area contributed by atoms with Gasteiger partial charge in [-0.25, -0.2) is 9.88 Å². The monoisotopic (exact) mass is 571 g/mol. The number of nitrogens with one attached hydrogen (secondary N) is 2. The summed E-state index contributed by atoms with van der Waals surface area (Å²) in [6.45, 7) is 1.24. The van der Waals surface area contributed by atoms with Crippen molar-refractivity contribution in [3.63, 3.8) is 0 Å². The van der Waals surface area contributed by atoms with Crippen LogP contribution in [0, 0.1) is 18.3 Å². The van der Waals surface area contributed by atoms with Crippen molar-refractivity contribution in [1.82, 2.24) is 14.6 Å². The first-order chi connectivity index (χ1) is 17.4. The zero-order valence-corrected chi connectivity index (χ0v) is 22.7. The lowest BCUT2D eigenvalue weighted by atomic mass is 10.0. The first kappa shape index (κ1) is 29.1. The first-order valence-corrected chi connectivity index (χ1v) is 14.2. The lowest BCUT2D eigenvalue weighted by Gasteiger charge is -2.28.